The number of carbonyl (C=O) groups excluding carboxylic acids is 1. The second kappa shape index (κ2) is 6.22. The number of nitrogens with one attached hydrogen (secondary N) is 1. The molecule has 1 aromatic heterocycles. The Kier molecular flexibility index (Phi) is 4.40. The van der Waals surface area contributed by atoms with Crippen LogP contribution in [-0.4, -0.2) is 33.1 Å². The number of aromatic nitrogens is 2. The highest BCUT2D eigenvalue weighted by atomic mass is 35.5. The molecule has 0 fully saturated rings. The third-order valence-corrected chi connectivity index (χ3v) is 5.25. The molecule has 2 aromatic rings. The van der Waals surface area contributed by atoms with Crippen molar-refractivity contribution in [2.45, 2.75) is 39.3 Å². The third kappa shape index (κ3) is 2.94. The van der Waals surface area contributed by atoms with Gasteiger partial charge in [0.25, 0.3) is 0 Å². The van der Waals surface area contributed by atoms with Gasteiger partial charge in [0.15, 0.2) is 0 Å². The van der Waals surface area contributed by atoms with Gasteiger partial charge in [-0.1, -0.05) is 37.6 Å². The van der Waals surface area contributed by atoms with Crippen molar-refractivity contribution in [3.8, 4) is 11.3 Å². The van der Waals surface area contributed by atoms with Crippen LogP contribution in [0.3, 0.4) is 0 Å². The molecule has 0 bridgehead atoms. The normalized spacial score (nSPS) is 16.8. The number of hydrogen-bond donors (Lipinski definition) is 2. The van der Waals surface area contributed by atoms with Gasteiger partial charge in [0.1, 0.15) is 0 Å². The number of amides is 1. The second-order valence-corrected chi connectivity index (χ2v) is 7.39. The van der Waals surface area contributed by atoms with E-state index in [-0.39, 0.29) is 11.8 Å². The summed E-state index contributed by atoms with van der Waals surface area (Å²) < 4.78 is 0. The van der Waals surface area contributed by atoms with E-state index in [1.165, 1.54) is 0 Å². The number of carbonyl (C=O) groups is 1. The van der Waals surface area contributed by atoms with Crippen LogP contribution in [0.15, 0.2) is 24.3 Å². The van der Waals surface area contributed by atoms with Crippen molar-refractivity contribution in [2.75, 3.05) is 6.54 Å². The molecule has 1 aromatic carbocycles. The number of hydrogen-bond acceptors (Lipinski definition) is 3. The SMILES string of the molecule is CC(C)[C@](C)(N)C(=O)N1CCc2[nH]nc(-c3ccc(Cl)cc3)c2C1. The van der Waals surface area contributed by atoms with Gasteiger partial charge in [0, 0.05) is 41.4 Å². The summed E-state index contributed by atoms with van der Waals surface area (Å²) >= 11 is 5.97. The highest BCUT2D eigenvalue weighted by Crippen LogP contribution is 2.30. The molecule has 0 saturated carbocycles. The van der Waals surface area contributed by atoms with Crippen LogP contribution >= 0.6 is 11.6 Å². The van der Waals surface area contributed by atoms with Gasteiger partial charge in [-0.3, -0.25) is 9.89 Å². The quantitative estimate of drug-likeness (QED) is 0.897. The highest BCUT2D eigenvalue weighted by Gasteiger charge is 2.37. The maximum atomic E-state index is 12.8. The molecule has 0 radical (unpaired) electrons. The number of fused-ring (bicyclic) bond motifs is 1. The number of nitrogens with two attached hydrogens (primary N) is 1. The summed E-state index contributed by atoms with van der Waals surface area (Å²) in [5.74, 6) is 0.0675. The van der Waals surface area contributed by atoms with Crippen LogP contribution in [0.25, 0.3) is 11.3 Å². The summed E-state index contributed by atoms with van der Waals surface area (Å²) in [6, 6.07) is 7.58. The van der Waals surface area contributed by atoms with Gasteiger partial charge in [0.2, 0.25) is 5.91 Å². The topological polar surface area (TPSA) is 75.0 Å². The summed E-state index contributed by atoms with van der Waals surface area (Å²) in [5, 5.41) is 8.25. The van der Waals surface area contributed by atoms with Crippen LogP contribution in [0.1, 0.15) is 32.0 Å². The number of nitrogens with zero attached hydrogens (tertiary/aromatic N) is 2. The van der Waals surface area contributed by atoms with E-state index in [1.807, 2.05) is 49.9 Å². The Labute approximate surface area is 147 Å². The fourth-order valence-electron chi connectivity index (χ4n) is 2.90. The van der Waals surface area contributed by atoms with Crippen molar-refractivity contribution in [1.82, 2.24) is 15.1 Å². The zero-order valence-electron chi connectivity index (χ0n) is 14.3. The molecule has 0 saturated heterocycles. The first-order valence-corrected chi connectivity index (χ1v) is 8.58. The first-order chi connectivity index (χ1) is 11.3. The minimum atomic E-state index is -0.859. The van der Waals surface area contributed by atoms with Crippen LogP contribution in [0.2, 0.25) is 5.02 Å². The number of benzene rings is 1. The van der Waals surface area contributed by atoms with Crippen LogP contribution < -0.4 is 5.73 Å². The Bertz CT molecular complexity index is 749. The van der Waals surface area contributed by atoms with Crippen LogP contribution in [0, 0.1) is 5.92 Å². The molecule has 1 atom stereocenters. The maximum Gasteiger partial charge on any atom is 0.242 e. The second-order valence-electron chi connectivity index (χ2n) is 6.95. The lowest BCUT2D eigenvalue weighted by Crippen LogP contribution is -2.57. The molecule has 3 rings (SSSR count). The maximum absolute atomic E-state index is 12.8. The third-order valence-electron chi connectivity index (χ3n) is 5.00. The van der Waals surface area contributed by atoms with E-state index < -0.39 is 5.54 Å². The monoisotopic (exact) mass is 346 g/mol. The molecule has 1 aliphatic heterocycles. The summed E-state index contributed by atoms with van der Waals surface area (Å²) in [6.45, 7) is 6.95. The molecule has 3 N–H and O–H groups in total. The summed E-state index contributed by atoms with van der Waals surface area (Å²) in [6.07, 6.45) is 0.760. The number of H-pyrrole nitrogens is 1. The van der Waals surface area contributed by atoms with E-state index in [2.05, 4.69) is 10.2 Å². The Hall–Kier alpha value is -1.85. The number of aromatic amines is 1. The van der Waals surface area contributed by atoms with Gasteiger partial charge >= 0.3 is 0 Å². The number of rotatable bonds is 3. The van der Waals surface area contributed by atoms with Gasteiger partial charge in [-0.15, -0.1) is 0 Å². The molecular formula is C18H23ClN4O. The Morgan fingerprint density at radius 1 is 1.38 bits per heavy atom. The highest BCUT2D eigenvalue weighted by molar-refractivity contribution is 6.30. The molecule has 6 heteroatoms. The molecule has 1 amide bonds. The van der Waals surface area contributed by atoms with Crippen molar-refractivity contribution < 1.29 is 4.79 Å². The number of halogens is 1. The lowest BCUT2D eigenvalue weighted by molar-refractivity contribution is -0.139. The minimum absolute atomic E-state index is 0.00796. The van der Waals surface area contributed by atoms with Crippen LogP contribution in [0.5, 0.6) is 0 Å². The van der Waals surface area contributed by atoms with Crippen molar-refractivity contribution in [3.63, 3.8) is 0 Å². The molecule has 2 heterocycles. The van der Waals surface area contributed by atoms with E-state index in [1.54, 1.807) is 0 Å². The first-order valence-electron chi connectivity index (χ1n) is 8.21. The van der Waals surface area contributed by atoms with Crippen molar-refractivity contribution in [3.05, 3.63) is 40.5 Å². The zero-order valence-corrected chi connectivity index (χ0v) is 15.0. The van der Waals surface area contributed by atoms with Crippen LogP contribution in [-0.2, 0) is 17.8 Å². The standard InChI is InChI=1S/C18H23ClN4O/c1-11(2)18(3,20)17(24)23-9-8-15-14(10-23)16(22-21-15)12-4-6-13(19)7-5-12/h4-7,11H,8-10,20H2,1-3H3,(H,21,22)/t18-/m0/s1. The van der Waals surface area contributed by atoms with E-state index in [0.717, 1.165) is 28.9 Å². The van der Waals surface area contributed by atoms with Gasteiger partial charge in [0.05, 0.1) is 11.2 Å². The lowest BCUT2D eigenvalue weighted by Gasteiger charge is -2.36. The molecule has 128 valence electrons. The molecule has 0 spiro atoms. The molecule has 0 unspecified atom stereocenters. The minimum Gasteiger partial charge on any atom is -0.336 e. The van der Waals surface area contributed by atoms with E-state index in [0.29, 0.717) is 18.1 Å². The van der Waals surface area contributed by atoms with E-state index in [4.69, 9.17) is 17.3 Å². The lowest BCUT2D eigenvalue weighted by atomic mass is 9.87. The Morgan fingerprint density at radius 2 is 2.04 bits per heavy atom. The fourth-order valence-corrected chi connectivity index (χ4v) is 3.03. The summed E-state index contributed by atoms with van der Waals surface area (Å²) in [5.41, 5.74) is 9.43. The average molecular weight is 347 g/mol. The molecular weight excluding hydrogens is 324 g/mol. The van der Waals surface area contributed by atoms with Crippen molar-refractivity contribution in [2.24, 2.45) is 11.7 Å². The van der Waals surface area contributed by atoms with Gasteiger partial charge < -0.3 is 10.6 Å². The fraction of sp³-hybridized carbons (Fsp3) is 0.444. The summed E-state index contributed by atoms with van der Waals surface area (Å²) in [4.78, 5) is 14.7. The van der Waals surface area contributed by atoms with Crippen molar-refractivity contribution >= 4 is 17.5 Å². The van der Waals surface area contributed by atoms with Gasteiger partial charge in [-0.25, -0.2) is 0 Å². The molecule has 24 heavy (non-hydrogen) atoms. The predicted octanol–water partition coefficient (Wildman–Crippen LogP) is 2.99. The Balaban J connectivity index is 1.89. The zero-order chi connectivity index (χ0) is 17.5. The molecule has 5 nitrogen and oxygen atoms in total. The van der Waals surface area contributed by atoms with Gasteiger partial charge in [-0.2, -0.15) is 5.10 Å². The van der Waals surface area contributed by atoms with E-state index >= 15 is 0 Å². The van der Waals surface area contributed by atoms with E-state index in [9.17, 15) is 4.79 Å². The Morgan fingerprint density at radius 3 is 2.67 bits per heavy atom. The average Bonchev–Trinajstić information content (AvgIpc) is 2.97. The smallest absolute Gasteiger partial charge is 0.242 e. The van der Waals surface area contributed by atoms with Gasteiger partial charge in [-0.05, 0) is 25.0 Å². The van der Waals surface area contributed by atoms with Crippen LogP contribution in [0.4, 0.5) is 0 Å². The van der Waals surface area contributed by atoms with Crippen molar-refractivity contribution in [1.29, 1.82) is 0 Å². The predicted molar refractivity (Wildman–Crippen MR) is 95.6 cm³/mol. The molecule has 0 aliphatic carbocycles. The first kappa shape index (κ1) is 17.0. The summed E-state index contributed by atoms with van der Waals surface area (Å²) in [7, 11) is 0. The molecule has 1 aliphatic rings. The largest absolute Gasteiger partial charge is 0.336 e.